The van der Waals surface area contributed by atoms with Gasteiger partial charge in [0, 0.05) is 7.05 Å². The number of benzene rings is 3. The molecule has 1 atom stereocenters. The fourth-order valence-electron chi connectivity index (χ4n) is 3.31. The van der Waals surface area contributed by atoms with Crippen molar-refractivity contribution < 1.29 is 9.53 Å². The minimum Gasteiger partial charge on any atom is -0.484 e. The van der Waals surface area contributed by atoms with Gasteiger partial charge in [-0.15, -0.1) is 0 Å². The van der Waals surface area contributed by atoms with E-state index in [0.717, 1.165) is 22.4 Å². The molecular weight excluding hydrogens is 388 g/mol. The summed E-state index contributed by atoms with van der Waals surface area (Å²) >= 11 is 0. The van der Waals surface area contributed by atoms with Gasteiger partial charge in [-0.05, 0) is 47.9 Å². The molecule has 0 saturated heterocycles. The first-order chi connectivity index (χ1) is 15.1. The molecule has 0 N–H and O–H groups in total. The fraction of sp³-hybridized carbons (Fsp3) is 0.160. The molecule has 1 aromatic heterocycles. The summed E-state index contributed by atoms with van der Waals surface area (Å²) in [5, 5.41) is 4.12. The first kappa shape index (κ1) is 20.3. The van der Waals surface area contributed by atoms with Gasteiger partial charge in [0.15, 0.2) is 6.61 Å². The van der Waals surface area contributed by atoms with Crippen molar-refractivity contribution in [2.45, 2.75) is 13.0 Å². The van der Waals surface area contributed by atoms with Crippen LogP contribution in [0.25, 0.3) is 16.8 Å². The van der Waals surface area contributed by atoms with E-state index in [9.17, 15) is 4.79 Å². The van der Waals surface area contributed by atoms with Crippen molar-refractivity contribution in [2.75, 3.05) is 13.7 Å². The molecular formula is C25H24N4O2. The summed E-state index contributed by atoms with van der Waals surface area (Å²) in [6.45, 7) is 1.99. The highest BCUT2D eigenvalue weighted by molar-refractivity contribution is 5.78. The van der Waals surface area contributed by atoms with Crippen LogP contribution in [0, 0.1) is 0 Å². The average molecular weight is 412 g/mol. The van der Waals surface area contributed by atoms with Crippen LogP contribution >= 0.6 is 0 Å². The summed E-state index contributed by atoms with van der Waals surface area (Å²) in [6.07, 6.45) is 3.15. The Kier molecular flexibility index (Phi) is 6.08. The highest BCUT2D eigenvalue weighted by Gasteiger charge is 2.18. The number of rotatable bonds is 7. The summed E-state index contributed by atoms with van der Waals surface area (Å²) in [5.74, 6) is 0.589. The Morgan fingerprint density at radius 3 is 2.29 bits per heavy atom. The Labute approximate surface area is 181 Å². The number of nitrogens with zero attached hydrogens (tertiary/aromatic N) is 4. The zero-order valence-electron chi connectivity index (χ0n) is 17.6. The Morgan fingerprint density at radius 2 is 1.65 bits per heavy atom. The van der Waals surface area contributed by atoms with Crippen molar-refractivity contribution in [1.29, 1.82) is 0 Å². The molecule has 1 heterocycles. The van der Waals surface area contributed by atoms with Gasteiger partial charge >= 0.3 is 0 Å². The van der Waals surface area contributed by atoms with Gasteiger partial charge in [-0.25, -0.2) is 9.67 Å². The molecule has 0 saturated carbocycles. The van der Waals surface area contributed by atoms with Crippen molar-refractivity contribution in [3.63, 3.8) is 0 Å². The minimum atomic E-state index is -0.0833. The number of hydrogen-bond donors (Lipinski definition) is 0. The van der Waals surface area contributed by atoms with Crippen molar-refractivity contribution in [3.05, 3.63) is 97.1 Å². The summed E-state index contributed by atoms with van der Waals surface area (Å²) in [5.41, 5.74) is 4.21. The van der Waals surface area contributed by atoms with Crippen LogP contribution in [0.5, 0.6) is 5.75 Å². The average Bonchev–Trinajstić information content (AvgIpc) is 3.38. The number of carbonyl (C=O) groups is 1. The molecule has 6 nitrogen and oxygen atoms in total. The third-order valence-electron chi connectivity index (χ3n) is 5.36. The van der Waals surface area contributed by atoms with E-state index in [1.165, 1.54) is 6.33 Å². The molecule has 6 heteroatoms. The maximum absolute atomic E-state index is 12.7. The Balaban J connectivity index is 1.34. The van der Waals surface area contributed by atoms with E-state index < -0.39 is 0 Å². The lowest BCUT2D eigenvalue weighted by atomic mass is 10.1. The Hall–Kier alpha value is -3.93. The molecule has 156 valence electrons. The smallest absolute Gasteiger partial charge is 0.260 e. The molecule has 3 aromatic carbocycles. The highest BCUT2D eigenvalue weighted by atomic mass is 16.5. The molecule has 0 aliphatic heterocycles. The minimum absolute atomic E-state index is 0.0113. The maximum atomic E-state index is 12.7. The van der Waals surface area contributed by atoms with Crippen molar-refractivity contribution in [1.82, 2.24) is 19.7 Å². The molecule has 31 heavy (non-hydrogen) atoms. The van der Waals surface area contributed by atoms with Crippen LogP contribution in [0.3, 0.4) is 0 Å². The normalized spacial score (nSPS) is 11.7. The fourth-order valence-corrected chi connectivity index (χ4v) is 3.31. The quantitative estimate of drug-likeness (QED) is 0.447. The topological polar surface area (TPSA) is 60.2 Å². The number of aromatic nitrogens is 3. The molecule has 0 aliphatic carbocycles. The second-order valence-corrected chi connectivity index (χ2v) is 7.29. The lowest BCUT2D eigenvalue weighted by Gasteiger charge is -2.25. The van der Waals surface area contributed by atoms with Crippen LogP contribution in [0.1, 0.15) is 18.5 Å². The molecule has 4 aromatic rings. The SMILES string of the molecule is C[C@H](c1ccc(-n2cncn2)cc1)N(C)C(=O)COc1ccc(-c2ccccc2)cc1. The van der Waals surface area contributed by atoms with Crippen LogP contribution in [-0.4, -0.2) is 39.2 Å². The van der Waals surface area contributed by atoms with E-state index in [1.54, 1.807) is 23.0 Å². The standard InChI is InChI=1S/C25H24N4O2/c1-19(20-8-12-23(13-9-20)29-18-26-17-27-29)28(2)25(30)16-31-24-14-10-22(11-15-24)21-6-4-3-5-7-21/h3-15,17-19H,16H2,1-2H3/t19-/m1/s1. The molecule has 0 unspecified atom stereocenters. The molecule has 0 spiro atoms. The van der Waals surface area contributed by atoms with Crippen molar-refractivity contribution in [2.24, 2.45) is 0 Å². The van der Waals surface area contributed by atoms with Gasteiger partial charge in [0.05, 0.1) is 11.7 Å². The van der Waals surface area contributed by atoms with Crippen LogP contribution < -0.4 is 4.74 Å². The first-order valence-corrected chi connectivity index (χ1v) is 10.1. The Morgan fingerprint density at radius 1 is 0.968 bits per heavy atom. The van der Waals surface area contributed by atoms with Gasteiger partial charge in [-0.1, -0.05) is 54.6 Å². The van der Waals surface area contributed by atoms with E-state index in [0.29, 0.717) is 5.75 Å². The summed E-state index contributed by atoms with van der Waals surface area (Å²) in [4.78, 5) is 18.3. The second kappa shape index (κ2) is 9.26. The lowest BCUT2D eigenvalue weighted by Crippen LogP contribution is -2.33. The van der Waals surface area contributed by atoms with Crippen molar-refractivity contribution >= 4 is 5.91 Å². The summed E-state index contributed by atoms with van der Waals surface area (Å²) in [7, 11) is 1.79. The van der Waals surface area contributed by atoms with Gasteiger partial charge < -0.3 is 9.64 Å². The largest absolute Gasteiger partial charge is 0.484 e. The van der Waals surface area contributed by atoms with Gasteiger partial charge in [0.1, 0.15) is 18.4 Å². The Bertz CT molecular complexity index is 1110. The van der Waals surface area contributed by atoms with E-state index in [-0.39, 0.29) is 18.6 Å². The van der Waals surface area contributed by atoms with Gasteiger partial charge in [0.2, 0.25) is 0 Å². The second-order valence-electron chi connectivity index (χ2n) is 7.29. The lowest BCUT2D eigenvalue weighted by molar-refractivity contribution is -0.134. The zero-order valence-corrected chi connectivity index (χ0v) is 17.6. The van der Waals surface area contributed by atoms with E-state index in [2.05, 4.69) is 22.2 Å². The van der Waals surface area contributed by atoms with E-state index >= 15 is 0 Å². The van der Waals surface area contributed by atoms with Crippen LogP contribution in [0.2, 0.25) is 0 Å². The van der Waals surface area contributed by atoms with Gasteiger partial charge in [0.25, 0.3) is 5.91 Å². The van der Waals surface area contributed by atoms with Gasteiger partial charge in [-0.3, -0.25) is 4.79 Å². The van der Waals surface area contributed by atoms with Crippen molar-refractivity contribution in [3.8, 4) is 22.6 Å². The number of likely N-dealkylation sites (N-methyl/N-ethyl adjacent to an activating group) is 1. The molecule has 0 fully saturated rings. The van der Waals surface area contributed by atoms with Crippen LogP contribution in [-0.2, 0) is 4.79 Å². The zero-order chi connectivity index (χ0) is 21.6. The molecule has 0 bridgehead atoms. The molecule has 1 amide bonds. The first-order valence-electron chi connectivity index (χ1n) is 10.1. The monoisotopic (exact) mass is 412 g/mol. The number of carbonyl (C=O) groups excluding carboxylic acids is 1. The number of hydrogen-bond acceptors (Lipinski definition) is 4. The third kappa shape index (κ3) is 4.80. The third-order valence-corrected chi connectivity index (χ3v) is 5.36. The summed E-state index contributed by atoms with van der Waals surface area (Å²) in [6, 6.07) is 25.8. The van der Waals surface area contributed by atoms with E-state index in [4.69, 9.17) is 4.74 Å². The van der Waals surface area contributed by atoms with E-state index in [1.807, 2.05) is 73.7 Å². The maximum Gasteiger partial charge on any atom is 0.260 e. The summed E-state index contributed by atoms with van der Waals surface area (Å²) < 4.78 is 7.42. The predicted molar refractivity (Wildman–Crippen MR) is 120 cm³/mol. The molecule has 0 aliphatic rings. The predicted octanol–water partition coefficient (Wildman–Crippen LogP) is 4.53. The number of ether oxygens (including phenoxy) is 1. The molecule has 0 radical (unpaired) electrons. The number of amides is 1. The van der Waals surface area contributed by atoms with Gasteiger partial charge in [-0.2, -0.15) is 5.10 Å². The molecule has 4 rings (SSSR count). The van der Waals surface area contributed by atoms with Crippen LogP contribution in [0.4, 0.5) is 0 Å². The highest BCUT2D eigenvalue weighted by Crippen LogP contribution is 2.23. The van der Waals surface area contributed by atoms with Crippen LogP contribution in [0.15, 0.2) is 91.5 Å².